The Morgan fingerprint density at radius 2 is 2.47 bits per heavy atom. The molecule has 0 aromatic carbocycles. The van der Waals surface area contributed by atoms with Crippen LogP contribution in [0.5, 0.6) is 0 Å². The van der Waals surface area contributed by atoms with Gasteiger partial charge in [0.05, 0.1) is 30.0 Å². The van der Waals surface area contributed by atoms with E-state index in [-0.39, 0.29) is 24.7 Å². The number of carbonyl (C=O) groups is 1. The number of aliphatic hydroxyl groups is 1. The van der Waals surface area contributed by atoms with Crippen molar-refractivity contribution in [3.63, 3.8) is 0 Å². The smallest absolute Gasteiger partial charge is 0.265 e. The number of aromatic nitrogens is 1. The fraction of sp³-hybridized carbons (Fsp3) is 0.636. The fourth-order valence-corrected chi connectivity index (χ4v) is 2.67. The van der Waals surface area contributed by atoms with Gasteiger partial charge in [-0.05, 0) is 13.8 Å². The van der Waals surface area contributed by atoms with Crippen LogP contribution < -0.4 is 0 Å². The van der Waals surface area contributed by atoms with E-state index >= 15 is 0 Å². The molecule has 5 nitrogen and oxygen atoms in total. The van der Waals surface area contributed by atoms with Crippen molar-refractivity contribution in [1.29, 1.82) is 0 Å². The summed E-state index contributed by atoms with van der Waals surface area (Å²) in [6.07, 6.45) is 1.28. The number of thiazole rings is 1. The second-order valence-electron chi connectivity index (χ2n) is 4.20. The molecule has 2 rings (SSSR count). The highest BCUT2D eigenvalue weighted by Crippen LogP contribution is 2.18. The van der Waals surface area contributed by atoms with E-state index in [1.54, 1.807) is 11.1 Å². The SMILES string of the molecule is Cc1ncc(C(=O)N2CC(C)OC(CO)C2)s1. The third-order valence-corrected chi connectivity index (χ3v) is 3.55. The number of nitrogens with zero attached hydrogens (tertiary/aromatic N) is 2. The lowest BCUT2D eigenvalue weighted by molar-refractivity contribution is -0.0857. The van der Waals surface area contributed by atoms with Gasteiger partial charge in [0, 0.05) is 13.1 Å². The first-order chi connectivity index (χ1) is 8.10. The van der Waals surface area contributed by atoms with Crippen LogP contribution in [0.25, 0.3) is 0 Å². The van der Waals surface area contributed by atoms with Crippen molar-refractivity contribution in [2.24, 2.45) is 0 Å². The van der Waals surface area contributed by atoms with Crippen molar-refractivity contribution in [3.05, 3.63) is 16.1 Å². The highest BCUT2D eigenvalue weighted by Gasteiger charge is 2.29. The van der Waals surface area contributed by atoms with E-state index in [0.717, 1.165) is 5.01 Å². The molecule has 94 valence electrons. The number of morpholine rings is 1. The largest absolute Gasteiger partial charge is 0.394 e. The summed E-state index contributed by atoms with van der Waals surface area (Å²) in [6.45, 7) is 4.72. The maximum absolute atomic E-state index is 12.2. The molecule has 0 saturated carbocycles. The van der Waals surface area contributed by atoms with Crippen molar-refractivity contribution >= 4 is 17.2 Å². The first-order valence-corrected chi connectivity index (χ1v) is 6.40. The molecule has 0 radical (unpaired) electrons. The summed E-state index contributed by atoms with van der Waals surface area (Å²) in [6, 6.07) is 0. The molecule has 1 saturated heterocycles. The predicted octanol–water partition coefficient (Wildman–Crippen LogP) is 0.673. The molecule has 1 N–H and O–H groups in total. The molecule has 0 bridgehead atoms. The van der Waals surface area contributed by atoms with Gasteiger partial charge in [-0.15, -0.1) is 11.3 Å². The highest BCUT2D eigenvalue weighted by atomic mass is 32.1. The van der Waals surface area contributed by atoms with Gasteiger partial charge >= 0.3 is 0 Å². The molecule has 1 aromatic heterocycles. The van der Waals surface area contributed by atoms with Crippen molar-refractivity contribution in [2.45, 2.75) is 26.1 Å². The number of amides is 1. The van der Waals surface area contributed by atoms with Crippen LogP contribution in [-0.4, -0.2) is 52.8 Å². The quantitative estimate of drug-likeness (QED) is 0.845. The summed E-state index contributed by atoms with van der Waals surface area (Å²) in [7, 11) is 0. The molecular formula is C11H16N2O3S. The summed E-state index contributed by atoms with van der Waals surface area (Å²) in [5.41, 5.74) is 0. The predicted molar refractivity (Wildman–Crippen MR) is 64.2 cm³/mol. The van der Waals surface area contributed by atoms with Gasteiger partial charge in [-0.3, -0.25) is 4.79 Å². The van der Waals surface area contributed by atoms with Crippen molar-refractivity contribution in [1.82, 2.24) is 9.88 Å². The van der Waals surface area contributed by atoms with Crippen molar-refractivity contribution < 1.29 is 14.6 Å². The summed E-state index contributed by atoms with van der Waals surface area (Å²) in [5.74, 6) is -0.0239. The Balaban J connectivity index is 2.08. The maximum atomic E-state index is 12.2. The standard InChI is InChI=1S/C11H16N2O3S/c1-7-4-13(5-9(6-14)16-7)11(15)10-3-12-8(2)17-10/h3,7,9,14H,4-6H2,1-2H3. The van der Waals surface area contributed by atoms with Crippen molar-refractivity contribution in [2.75, 3.05) is 19.7 Å². The maximum Gasteiger partial charge on any atom is 0.265 e. The molecule has 2 heterocycles. The van der Waals surface area contributed by atoms with Gasteiger partial charge in [0.1, 0.15) is 4.88 Å². The first kappa shape index (κ1) is 12.5. The first-order valence-electron chi connectivity index (χ1n) is 5.58. The zero-order valence-corrected chi connectivity index (χ0v) is 10.7. The number of carbonyl (C=O) groups excluding carboxylic acids is 1. The third kappa shape index (κ3) is 2.83. The molecule has 0 aliphatic carbocycles. The van der Waals surface area contributed by atoms with Gasteiger partial charge in [0.2, 0.25) is 0 Å². The lowest BCUT2D eigenvalue weighted by Crippen LogP contribution is -2.50. The number of aliphatic hydroxyl groups excluding tert-OH is 1. The van der Waals surface area contributed by atoms with Gasteiger partial charge in [0.25, 0.3) is 5.91 Å². The van der Waals surface area contributed by atoms with Crippen LogP contribution in [0.3, 0.4) is 0 Å². The molecule has 17 heavy (non-hydrogen) atoms. The average Bonchev–Trinajstić information content (AvgIpc) is 2.74. The normalized spacial score (nSPS) is 25.0. The van der Waals surface area contributed by atoms with Crippen molar-refractivity contribution in [3.8, 4) is 0 Å². The molecule has 1 fully saturated rings. The summed E-state index contributed by atoms with van der Waals surface area (Å²) in [4.78, 5) is 18.6. The molecule has 1 aliphatic heterocycles. The summed E-state index contributed by atoms with van der Waals surface area (Å²) >= 11 is 1.39. The molecule has 6 heteroatoms. The molecule has 1 aromatic rings. The molecular weight excluding hydrogens is 240 g/mol. The third-order valence-electron chi connectivity index (χ3n) is 2.65. The van der Waals surface area contributed by atoms with Gasteiger partial charge < -0.3 is 14.7 Å². The van der Waals surface area contributed by atoms with Crippen LogP contribution in [0.15, 0.2) is 6.20 Å². The Morgan fingerprint density at radius 1 is 1.71 bits per heavy atom. The Labute approximate surface area is 104 Å². The van der Waals surface area contributed by atoms with E-state index in [4.69, 9.17) is 9.84 Å². The lowest BCUT2D eigenvalue weighted by atomic mass is 10.2. The van der Waals surface area contributed by atoms with Gasteiger partial charge in [-0.1, -0.05) is 0 Å². The summed E-state index contributed by atoms with van der Waals surface area (Å²) in [5, 5.41) is 9.99. The average molecular weight is 256 g/mol. The molecule has 0 spiro atoms. The lowest BCUT2D eigenvalue weighted by Gasteiger charge is -2.35. The highest BCUT2D eigenvalue weighted by molar-refractivity contribution is 7.13. The zero-order valence-electron chi connectivity index (χ0n) is 9.92. The summed E-state index contributed by atoms with van der Waals surface area (Å²) < 4.78 is 5.50. The topological polar surface area (TPSA) is 62.7 Å². The molecule has 1 amide bonds. The van der Waals surface area contributed by atoms with E-state index in [0.29, 0.717) is 18.0 Å². The monoisotopic (exact) mass is 256 g/mol. The van der Waals surface area contributed by atoms with Gasteiger partial charge in [-0.25, -0.2) is 4.98 Å². The van der Waals surface area contributed by atoms with Crippen LogP contribution in [0.1, 0.15) is 21.6 Å². The number of hydrogen-bond donors (Lipinski definition) is 1. The van der Waals surface area contributed by atoms with Crippen LogP contribution in [0, 0.1) is 6.92 Å². The Kier molecular flexibility index (Phi) is 3.76. The van der Waals surface area contributed by atoms with Gasteiger partial charge in [-0.2, -0.15) is 0 Å². The number of hydrogen-bond acceptors (Lipinski definition) is 5. The van der Waals surface area contributed by atoms with Crippen LogP contribution >= 0.6 is 11.3 Å². The fourth-order valence-electron chi connectivity index (χ4n) is 1.93. The minimum Gasteiger partial charge on any atom is -0.394 e. The van der Waals surface area contributed by atoms with E-state index in [1.807, 2.05) is 13.8 Å². The number of ether oxygens (including phenoxy) is 1. The van der Waals surface area contributed by atoms with E-state index < -0.39 is 0 Å². The Morgan fingerprint density at radius 3 is 3.06 bits per heavy atom. The second-order valence-corrected chi connectivity index (χ2v) is 5.44. The zero-order chi connectivity index (χ0) is 12.4. The van der Waals surface area contributed by atoms with E-state index in [9.17, 15) is 4.79 Å². The number of rotatable bonds is 2. The molecule has 1 aliphatic rings. The molecule has 2 unspecified atom stereocenters. The van der Waals surface area contributed by atoms with E-state index in [2.05, 4.69) is 4.98 Å². The second kappa shape index (κ2) is 5.12. The van der Waals surface area contributed by atoms with Gasteiger partial charge in [0.15, 0.2) is 0 Å². The van der Waals surface area contributed by atoms with Crippen LogP contribution in [0.4, 0.5) is 0 Å². The minimum atomic E-state index is -0.281. The Bertz CT molecular complexity index is 407. The Hall–Kier alpha value is -0.980. The number of aryl methyl sites for hydroxylation is 1. The molecule has 2 atom stereocenters. The van der Waals surface area contributed by atoms with Crippen LogP contribution in [-0.2, 0) is 4.74 Å². The van der Waals surface area contributed by atoms with E-state index in [1.165, 1.54) is 11.3 Å². The van der Waals surface area contributed by atoms with Crippen LogP contribution in [0.2, 0.25) is 0 Å². The minimum absolute atomic E-state index is 0.0239.